The topological polar surface area (TPSA) is 102 Å². The van der Waals surface area contributed by atoms with Gasteiger partial charge in [-0.05, 0) is 63.8 Å². The zero-order valence-corrected chi connectivity index (χ0v) is 24.9. The van der Waals surface area contributed by atoms with E-state index in [0.717, 1.165) is 30.8 Å². The summed E-state index contributed by atoms with van der Waals surface area (Å²) in [6.07, 6.45) is 6.06. The number of hydrogen-bond acceptors (Lipinski definition) is 6. The number of allylic oxidation sites excluding steroid dienone is 2. The molecular formula is C34H40N4O4. The third kappa shape index (κ3) is 5.50. The average molecular weight is 569 g/mol. The monoisotopic (exact) mass is 568 g/mol. The van der Waals surface area contributed by atoms with Gasteiger partial charge >= 0.3 is 0 Å². The van der Waals surface area contributed by atoms with Gasteiger partial charge in [-0.1, -0.05) is 56.0 Å². The molecule has 2 N–H and O–H groups in total. The van der Waals surface area contributed by atoms with E-state index in [1.165, 1.54) is 30.7 Å². The van der Waals surface area contributed by atoms with Gasteiger partial charge in [-0.25, -0.2) is 5.01 Å². The average Bonchev–Trinajstić information content (AvgIpc) is 3.62. The molecular weight excluding hydrogens is 528 g/mol. The van der Waals surface area contributed by atoms with Crippen LogP contribution in [0.4, 0.5) is 11.4 Å². The summed E-state index contributed by atoms with van der Waals surface area (Å²) in [7, 11) is 0. The fourth-order valence-corrected chi connectivity index (χ4v) is 6.32. The second-order valence-corrected chi connectivity index (χ2v) is 11.4. The summed E-state index contributed by atoms with van der Waals surface area (Å²) in [6.45, 7) is 9.24. The van der Waals surface area contributed by atoms with Crippen molar-refractivity contribution in [1.29, 1.82) is 0 Å². The summed E-state index contributed by atoms with van der Waals surface area (Å²) in [5, 5.41) is 20.1. The van der Waals surface area contributed by atoms with Crippen molar-refractivity contribution in [3.05, 3.63) is 76.6 Å². The quantitative estimate of drug-likeness (QED) is 0.316. The van der Waals surface area contributed by atoms with Crippen molar-refractivity contribution in [2.45, 2.75) is 72.3 Å². The highest BCUT2D eigenvalue weighted by molar-refractivity contribution is 6.44. The van der Waals surface area contributed by atoms with Gasteiger partial charge in [0.05, 0.1) is 34.2 Å². The van der Waals surface area contributed by atoms with Crippen LogP contribution in [0.15, 0.2) is 70.5 Å². The molecule has 8 heteroatoms. The van der Waals surface area contributed by atoms with Crippen LogP contribution in [-0.4, -0.2) is 46.5 Å². The van der Waals surface area contributed by atoms with Crippen LogP contribution in [0.2, 0.25) is 0 Å². The normalized spacial score (nSPS) is 19.7. The highest BCUT2D eigenvalue weighted by Crippen LogP contribution is 2.43. The van der Waals surface area contributed by atoms with E-state index in [1.54, 1.807) is 13.0 Å². The van der Waals surface area contributed by atoms with Crippen LogP contribution >= 0.6 is 0 Å². The molecule has 2 aliphatic carbocycles. The Bertz CT molecular complexity index is 1480. The van der Waals surface area contributed by atoms with Gasteiger partial charge in [-0.15, -0.1) is 0 Å². The fourth-order valence-electron chi connectivity index (χ4n) is 6.32. The molecule has 8 nitrogen and oxygen atoms in total. The fraction of sp³-hybridized carbons (Fsp3) is 0.412. The molecule has 2 amide bonds. The van der Waals surface area contributed by atoms with Crippen LogP contribution in [0.1, 0.15) is 83.4 Å². The van der Waals surface area contributed by atoms with Crippen LogP contribution in [0.3, 0.4) is 0 Å². The molecule has 0 spiro atoms. The molecule has 1 aliphatic heterocycles. The van der Waals surface area contributed by atoms with E-state index in [-0.39, 0.29) is 34.4 Å². The Balaban J connectivity index is 1.46. The summed E-state index contributed by atoms with van der Waals surface area (Å²) in [6, 6.07) is 14.7. The summed E-state index contributed by atoms with van der Waals surface area (Å²) in [4.78, 5) is 42.3. The minimum absolute atomic E-state index is 0.0228. The molecule has 1 fully saturated rings. The Hall–Kier alpha value is -4.20. The van der Waals surface area contributed by atoms with Crippen molar-refractivity contribution in [3.63, 3.8) is 0 Å². The van der Waals surface area contributed by atoms with Crippen molar-refractivity contribution in [3.8, 4) is 0 Å². The number of hydrogen-bond donors (Lipinski definition) is 2. The third-order valence-electron chi connectivity index (χ3n) is 8.80. The van der Waals surface area contributed by atoms with Gasteiger partial charge in [0.15, 0.2) is 0 Å². The molecule has 0 bridgehead atoms. The Morgan fingerprint density at radius 1 is 1.05 bits per heavy atom. The standard InChI is InChI=1S/C34H40N4O4/c1-5-37(6-2)25-17-18-26(27(20-25)35-28(39)19-16-23-12-10-11-13-23)30-32(40)31(33(30)41)29-21(3)36-38(34(29)42)22(4)24-14-8-7-9-15-24/h7-9,14-15,17-18,20,22-23,40H,5-6,10-13,16,19H2,1-4H3,(H,35,39)/b31-29+. The number of hydrazone groups is 1. The lowest BCUT2D eigenvalue weighted by atomic mass is 9.79. The van der Waals surface area contributed by atoms with E-state index in [2.05, 4.69) is 29.2 Å². The van der Waals surface area contributed by atoms with Crippen LogP contribution in [0, 0.1) is 5.92 Å². The maximum atomic E-state index is 13.6. The van der Waals surface area contributed by atoms with Gasteiger partial charge < -0.3 is 15.3 Å². The molecule has 1 saturated carbocycles. The Labute approximate surface area is 247 Å². The molecule has 0 aromatic heterocycles. The molecule has 0 radical (unpaired) electrons. The van der Waals surface area contributed by atoms with Gasteiger partial charge in [0.1, 0.15) is 5.76 Å². The number of carbonyl (C=O) groups is 3. The first kappa shape index (κ1) is 29.3. The molecule has 220 valence electrons. The summed E-state index contributed by atoms with van der Waals surface area (Å²) >= 11 is 0. The van der Waals surface area contributed by atoms with Crippen molar-refractivity contribution in [2.24, 2.45) is 11.0 Å². The van der Waals surface area contributed by atoms with Gasteiger partial charge in [-0.3, -0.25) is 14.4 Å². The molecule has 0 saturated heterocycles. The summed E-state index contributed by atoms with van der Waals surface area (Å²) in [5.41, 5.74) is 3.34. The molecule has 3 aliphatic rings. The zero-order chi connectivity index (χ0) is 30.0. The predicted octanol–water partition coefficient (Wildman–Crippen LogP) is 6.57. The highest BCUT2D eigenvalue weighted by atomic mass is 16.3. The van der Waals surface area contributed by atoms with Crippen molar-refractivity contribution < 1.29 is 19.5 Å². The number of aliphatic hydroxyl groups excluding tert-OH is 1. The second-order valence-electron chi connectivity index (χ2n) is 11.4. The number of aliphatic hydroxyl groups is 1. The lowest BCUT2D eigenvalue weighted by Gasteiger charge is -2.27. The molecule has 1 heterocycles. The van der Waals surface area contributed by atoms with Crippen LogP contribution < -0.4 is 10.2 Å². The number of nitrogens with one attached hydrogen (secondary N) is 1. The minimum atomic E-state index is -0.434. The van der Waals surface area contributed by atoms with Crippen molar-refractivity contribution in [1.82, 2.24) is 5.01 Å². The molecule has 2 aromatic carbocycles. The van der Waals surface area contributed by atoms with Crippen LogP contribution in [0.5, 0.6) is 0 Å². The Morgan fingerprint density at radius 3 is 2.38 bits per heavy atom. The number of amides is 2. The van der Waals surface area contributed by atoms with Gasteiger partial charge in [0, 0.05) is 30.8 Å². The number of nitrogens with zero attached hydrogens (tertiary/aromatic N) is 3. The minimum Gasteiger partial charge on any atom is -0.506 e. The smallest absolute Gasteiger partial charge is 0.277 e. The van der Waals surface area contributed by atoms with Crippen LogP contribution in [0.25, 0.3) is 5.57 Å². The number of carbonyl (C=O) groups excluding carboxylic acids is 3. The lowest BCUT2D eigenvalue weighted by Crippen LogP contribution is -2.31. The zero-order valence-electron chi connectivity index (χ0n) is 24.9. The molecule has 42 heavy (non-hydrogen) atoms. The summed E-state index contributed by atoms with van der Waals surface area (Å²) in [5.74, 6) is -0.620. The Kier molecular flexibility index (Phi) is 8.61. The van der Waals surface area contributed by atoms with Gasteiger partial charge in [-0.2, -0.15) is 5.10 Å². The maximum absolute atomic E-state index is 13.6. The number of ketones is 1. The lowest BCUT2D eigenvalue weighted by molar-refractivity contribution is -0.128. The number of Topliss-reactive ketones (excluding diaryl/α,β-unsaturated/α-hetero) is 1. The predicted molar refractivity (Wildman–Crippen MR) is 166 cm³/mol. The van der Waals surface area contributed by atoms with E-state index >= 15 is 0 Å². The first-order valence-electron chi connectivity index (χ1n) is 15.1. The van der Waals surface area contributed by atoms with E-state index in [0.29, 0.717) is 29.3 Å². The molecule has 2 aromatic rings. The second kappa shape index (κ2) is 12.3. The largest absolute Gasteiger partial charge is 0.506 e. The van der Waals surface area contributed by atoms with Crippen molar-refractivity contribution >= 4 is 40.3 Å². The van der Waals surface area contributed by atoms with Gasteiger partial charge in [0.25, 0.3) is 5.91 Å². The highest BCUT2D eigenvalue weighted by Gasteiger charge is 2.44. The molecule has 5 rings (SSSR count). The van der Waals surface area contributed by atoms with E-state index in [1.807, 2.05) is 49.4 Å². The maximum Gasteiger partial charge on any atom is 0.277 e. The van der Waals surface area contributed by atoms with Crippen LogP contribution in [-0.2, 0) is 14.4 Å². The number of rotatable bonds is 10. The number of benzene rings is 2. The van der Waals surface area contributed by atoms with E-state index < -0.39 is 11.7 Å². The SMILES string of the molecule is CCN(CC)c1ccc(C2=C(O)/C(=C3\C(=O)N(C(C)c4ccccc4)N=C3C)C2=O)c(NC(=O)CCC2CCCC2)c1. The first-order chi connectivity index (χ1) is 20.2. The van der Waals surface area contributed by atoms with Gasteiger partial charge in [0.2, 0.25) is 11.7 Å². The number of anilines is 2. The molecule has 1 unspecified atom stereocenters. The van der Waals surface area contributed by atoms with E-state index in [9.17, 15) is 19.5 Å². The Morgan fingerprint density at radius 2 is 1.74 bits per heavy atom. The van der Waals surface area contributed by atoms with E-state index in [4.69, 9.17) is 0 Å². The van der Waals surface area contributed by atoms with Crippen molar-refractivity contribution in [2.75, 3.05) is 23.3 Å². The summed E-state index contributed by atoms with van der Waals surface area (Å²) < 4.78 is 0. The first-order valence-corrected chi connectivity index (χ1v) is 15.1. The third-order valence-corrected chi connectivity index (χ3v) is 8.80. The molecule has 1 atom stereocenters.